The number of piperazine rings is 1. The number of nitrogens with zero attached hydrogens (tertiary/aromatic N) is 2. The van der Waals surface area contributed by atoms with E-state index in [0.29, 0.717) is 43.3 Å². The zero-order valence-corrected chi connectivity index (χ0v) is 18.0. The SMILES string of the molecule is Cc1cc(I)ccc1NC(=O)CN1CCN(C(=O)c2ccccc2Cl)CC1. The lowest BCUT2D eigenvalue weighted by molar-refractivity contribution is -0.117. The minimum absolute atomic E-state index is 0.0369. The highest BCUT2D eigenvalue weighted by Gasteiger charge is 2.24. The van der Waals surface area contributed by atoms with Crippen molar-refractivity contribution in [1.82, 2.24) is 9.80 Å². The lowest BCUT2D eigenvalue weighted by Gasteiger charge is -2.34. The first kappa shape index (κ1) is 20.1. The average Bonchev–Trinajstić information content (AvgIpc) is 2.64. The molecule has 0 spiro atoms. The molecule has 1 fully saturated rings. The van der Waals surface area contributed by atoms with Crippen LogP contribution < -0.4 is 5.32 Å². The average molecular weight is 498 g/mol. The van der Waals surface area contributed by atoms with Crippen LogP contribution in [0.15, 0.2) is 42.5 Å². The Hall–Kier alpha value is -1.64. The van der Waals surface area contributed by atoms with Gasteiger partial charge in [-0.3, -0.25) is 14.5 Å². The number of halogens is 2. The van der Waals surface area contributed by atoms with E-state index < -0.39 is 0 Å². The molecule has 142 valence electrons. The largest absolute Gasteiger partial charge is 0.336 e. The summed E-state index contributed by atoms with van der Waals surface area (Å²) in [6.45, 7) is 4.79. The van der Waals surface area contributed by atoms with E-state index in [2.05, 4.69) is 32.8 Å². The molecule has 0 unspecified atom stereocenters. The Labute approximate surface area is 177 Å². The van der Waals surface area contributed by atoms with Crippen molar-refractivity contribution in [3.63, 3.8) is 0 Å². The summed E-state index contributed by atoms with van der Waals surface area (Å²) in [6, 6.07) is 13.0. The topological polar surface area (TPSA) is 52.7 Å². The summed E-state index contributed by atoms with van der Waals surface area (Å²) in [5, 5.41) is 3.44. The van der Waals surface area contributed by atoms with Crippen molar-refractivity contribution in [2.45, 2.75) is 6.92 Å². The van der Waals surface area contributed by atoms with Gasteiger partial charge in [-0.05, 0) is 65.4 Å². The monoisotopic (exact) mass is 497 g/mol. The Morgan fingerprint density at radius 3 is 2.48 bits per heavy atom. The van der Waals surface area contributed by atoms with Crippen LogP contribution >= 0.6 is 34.2 Å². The number of carbonyl (C=O) groups is 2. The highest BCUT2D eigenvalue weighted by Crippen LogP contribution is 2.19. The second-order valence-corrected chi connectivity index (χ2v) is 8.21. The molecule has 7 heteroatoms. The number of carbonyl (C=O) groups excluding carboxylic acids is 2. The number of hydrogen-bond donors (Lipinski definition) is 1. The van der Waals surface area contributed by atoms with Crippen molar-refractivity contribution >= 4 is 51.7 Å². The third-order valence-electron chi connectivity index (χ3n) is 4.59. The molecular formula is C20H21ClIN3O2. The molecule has 0 radical (unpaired) electrons. The van der Waals surface area contributed by atoms with Crippen LogP contribution in [0.25, 0.3) is 0 Å². The number of amides is 2. The van der Waals surface area contributed by atoms with E-state index in [1.165, 1.54) is 0 Å². The second-order valence-electron chi connectivity index (χ2n) is 6.56. The predicted molar refractivity (Wildman–Crippen MR) is 116 cm³/mol. The molecule has 2 aromatic carbocycles. The Morgan fingerprint density at radius 2 is 1.81 bits per heavy atom. The number of anilines is 1. The van der Waals surface area contributed by atoms with E-state index in [0.717, 1.165) is 14.8 Å². The Bertz CT molecular complexity index is 851. The molecule has 0 atom stereocenters. The van der Waals surface area contributed by atoms with E-state index >= 15 is 0 Å². The van der Waals surface area contributed by atoms with Gasteiger partial charge in [0.1, 0.15) is 0 Å². The van der Waals surface area contributed by atoms with E-state index in [9.17, 15) is 9.59 Å². The molecule has 27 heavy (non-hydrogen) atoms. The summed E-state index contributed by atoms with van der Waals surface area (Å²) in [5.41, 5.74) is 2.41. The second kappa shape index (κ2) is 9.03. The molecule has 0 saturated carbocycles. The van der Waals surface area contributed by atoms with Crippen LogP contribution in [0.1, 0.15) is 15.9 Å². The third-order valence-corrected chi connectivity index (χ3v) is 5.59. The Balaban J connectivity index is 1.51. The molecule has 5 nitrogen and oxygen atoms in total. The van der Waals surface area contributed by atoms with Crippen LogP contribution in [0.2, 0.25) is 5.02 Å². The van der Waals surface area contributed by atoms with Gasteiger partial charge in [0.15, 0.2) is 0 Å². The highest BCUT2D eigenvalue weighted by molar-refractivity contribution is 14.1. The standard InChI is InChI=1S/C20H21ClIN3O2/c1-14-12-15(22)6-7-18(14)23-19(26)13-24-8-10-25(11-9-24)20(27)16-4-2-3-5-17(16)21/h2-7,12H,8-11,13H2,1H3,(H,23,26). The van der Waals surface area contributed by atoms with Crippen molar-refractivity contribution in [3.8, 4) is 0 Å². The summed E-state index contributed by atoms with van der Waals surface area (Å²) >= 11 is 8.38. The van der Waals surface area contributed by atoms with Gasteiger partial charge >= 0.3 is 0 Å². The van der Waals surface area contributed by atoms with Crippen LogP contribution in [-0.2, 0) is 4.79 Å². The number of rotatable bonds is 4. The number of aryl methyl sites for hydroxylation is 1. The quantitative estimate of drug-likeness (QED) is 0.656. The molecule has 2 aromatic rings. The van der Waals surface area contributed by atoms with E-state index in [-0.39, 0.29) is 11.8 Å². The molecule has 1 N–H and O–H groups in total. The van der Waals surface area contributed by atoms with Crippen molar-refractivity contribution < 1.29 is 9.59 Å². The zero-order valence-electron chi connectivity index (χ0n) is 15.0. The number of hydrogen-bond acceptors (Lipinski definition) is 3. The number of benzene rings is 2. The fourth-order valence-electron chi connectivity index (χ4n) is 3.07. The minimum Gasteiger partial charge on any atom is -0.336 e. The fourth-order valence-corrected chi connectivity index (χ4v) is 3.94. The Morgan fingerprint density at radius 1 is 1.11 bits per heavy atom. The predicted octanol–water partition coefficient (Wildman–Crippen LogP) is 3.65. The lowest BCUT2D eigenvalue weighted by atomic mass is 10.1. The summed E-state index contributed by atoms with van der Waals surface area (Å²) in [5.74, 6) is -0.0931. The van der Waals surface area contributed by atoms with Gasteiger partial charge in [-0.2, -0.15) is 0 Å². The summed E-state index contributed by atoms with van der Waals surface area (Å²) < 4.78 is 1.14. The normalized spacial score (nSPS) is 14.9. The fraction of sp³-hybridized carbons (Fsp3) is 0.300. The maximum atomic E-state index is 12.6. The molecular weight excluding hydrogens is 477 g/mol. The van der Waals surface area contributed by atoms with Crippen molar-refractivity contribution in [2.24, 2.45) is 0 Å². The number of nitrogens with one attached hydrogen (secondary N) is 1. The maximum Gasteiger partial charge on any atom is 0.255 e. The van der Waals surface area contributed by atoms with Crippen molar-refractivity contribution in [1.29, 1.82) is 0 Å². The molecule has 1 aliphatic heterocycles. The van der Waals surface area contributed by atoms with Crippen LogP contribution in [0, 0.1) is 10.5 Å². The van der Waals surface area contributed by atoms with Gasteiger partial charge in [-0.25, -0.2) is 0 Å². The summed E-state index contributed by atoms with van der Waals surface area (Å²) in [6.07, 6.45) is 0. The van der Waals surface area contributed by atoms with Crippen molar-refractivity contribution in [3.05, 3.63) is 62.2 Å². The van der Waals surface area contributed by atoms with E-state index in [4.69, 9.17) is 11.6 Å². The van der Waals surface area contributed by atoms with E-state index in [1.54, 1.807) is 17.0 Å². The first-order valence-corrected chi connectivity index (χ1v) is 10.2. The molecule has 1 heterocycles. The highest BCUT2D eigenvalue weighted by atomic mass is 127. The molecule has 2 amide bonds. The van der Waals surface area contributed by atoms with E-state index in [1.807, 2.05) is 37.3 Å². The Kier molecular flexibility index (Phi) is 6.73. The summed E-state index contributed by atoms with van der Waals surface area (Å²) in [7, 11) is 0. The van der Waals surface area contributed by atoms with Gasteiger partial charge in [0.05, 0.1) is 17.1 Å². The van der Waals surface area contributed by atoms with Crippen molar-refractivity contribution in [2.75, 3.05) is 38.0 Å². The maximum absolute atomic E-state index is 12.6. The third kappa shape index (κ3) is 5.21. The van der Waals surface area contributed by atoms with Crippen LogP contribution in [0.5, 0.6) is 0 Å². The van der Waals surface area contributed by atoms with Crippen LogP contribution in [0.3, 0.4) is 0 Å². The molecule has 1 saturated heterocycles. The van der Waals surface area contributed by atoms with Gasteiger partial charge < -0.3 is 10.2 Å². The first-order chi connectivity index (χ1) is 12.9. The minimum atomic E-state index is -0.0563. The summed E-state index contributed by atoms with van der Waals surface area (Å²) in [4.78, 5) is 28.8. The molecule has 3 rings (SSSR count). The first-order valence-electron chi connectivity index (χ1n) is 8.76. The van der Waals surface area contributed by atoms with Crippen LogP contribution in [-0.4, -0.2) is 54.3 Å². The molecule has 0 bridgehead atoms. The smallest absolute Gasteiger partial charge is 0.255 e. The van der Waals surface area contributed by atoms with Crippen LogP contribution in [0.4, 0.5) is 5.69 Å². The van der Waals surface area contributed by atoms with Gasteiger partial charge in [0.25, 0.3) is 5.91 Å². The molecule has 1 aliphatic rings. The van der Waals surface area contributed by atoms with Gasteiger partial charge in [-0.1, -0.05) is 23.7 Å². The van der Waals surface area contributed by atoms with Gasteiger partial charge in [0.2, 0.25) is 5.91 Å². The van der Waals surface area contributed by atoms with Gasteiger partial charge in [-0.15, -0.1) is 0 Å². The molecule has 0 aromatic heterocycles. The van der Waals surface area contributed by atoms with Gasteiger partial charge in [0, 0.05) is 35.4 Å². The molecule has 0 aliphatic carbocycles. The zero-order chi connectivity index (χ0) is 19.4. The lowest BCUT2D eigenvalue weighted by Crippen LogP contribution is -2.50.